The van der Waals surface area contributed by atoms with Gasteiger partial charge in [0.2, 0.25) is 11.8 Å². The maximum atomic E-state index is 13.3. The number of ether oxygens (including phenoxy) is 1. The van der Waals surface area contributed by atoms with Gasteiger partial charge in [-0.1, -0.05) is 0 Å². The fraction of sp³-hybridized carbons (Fsp3) is 0.739. The number of carbonyl (C=O) groups is 3. The molecule has 6 rings (SSSR count). The quantitative estimate of drug-likeness (QED) is 0.641. The standard InChI is InChI=1S/C23H32N4O4S/c24-22(29)19-12-32-21(26-19)11-18(23(30)27-1-3-31-4-2-27)25-20(28)10-17-15-6-13-5-14(8-15)9-16(17)7-13/h12-18H,1-11H2,(H2,24,29)(H,25,28)/t13?,14?,15?,16?,17?,18-/m0/s1. The van der Waals surface area contributed by atoms with Crippen molar-refractivity contribution in [3.8, 4) is 0 Å². The molecule has 1 atom stereocenters. The average Bonchev–Trinajstić information content (AvgIpc) is 3.24. The number of nitrogens with two attached hydrogens (primary N) is 1. The average molecular weight is 461 g/mol. The number of nitrogens with zero attached hydrogens (tertiary/aromatic N) is 2. The van der Waals surface area contributed by atoms with Gasteiger partial charge in [-0.2, -0.15) is 0 Å². The van der Waals surface area contributed by atoms with E-state index in [-0.39, 0.29) is 23.9 Å². The number of hydrogen-bond donors (Lipinski definition) is 2. The second-order valence-electron chi connectivity index (χ2n) is 10.1. The second-order valence-corrected chi connectivity index (χ2v) is 11.0. The summed E-state index contributed by atoms with van der Waals surface area (Å²) in [7, 11) is 0. The Labute approximate surface area is 192 Å². The van der Waals surface area contributed by atoms with Crippen molar-refractivity contribution in [2.24, 2.45) is 35.3 Å². The molecule has 3 N–H and O–H groups in total. The molecule has 2 heterocycles. The van der Waals surface area contributed by atoms with Gasteiger partial charge in [0.05, 0.1) is 18.2 Å². The summed E-state index contributed by atoms with van der Waals surface area (Å²) in [6.45, 7) is 2.04. The van der Waals surface area contributed by atoms with Crippen molar-refractivity contribution >= 4 is 29.1 Å². The summed E-state index contributed by atoms with van der Waals surface area (Å²) in [5.41, 5.74) is 5.52. The van der Waals surface area contributed by atoms with Crippen LogP contribution in [0.1, 0.15) is 54.0 Å². The van der Waals surface area contributed by atoms with Crippen LogP contribution in [0.3, 0.4) is 0 Å². The Morgan fingerprint density at radius 2 is 1.78 bits per heavy atom. The van der Waals surface area contributed by atoms with Gasteiger partial charge in [-0.15, -0.1) is 11.3 Å². The highest BCUT2D eigenvalue weighted by Gasteiger charge is 2.48. The van der Waals surface area contributed by atoms with Gasteiger partial charge in [-0.05, 0) is 61.7 Å². The van der Waals surface area contributed by atoms with Crippen molar-refractivity contribution in [2.45, 2.75) is 51.0 Å². The highest BCUT2D eigenvalue weighted by molar-refractivity contribution is 7.09. The lowest BCUT2D eigenvalue weighted by molar-refractivity contribution is -0.140. The van der Waals surface area contributed by atoms with Crippen molar-refractivity contribution < 1.29 is 19.1 Å². The number of carbonyl (C=O) groups excluding carboxylic acids is 3. The lowest BCUT2D eigenvalue weighted by Gasteiger charge is -2.54. The Balaban J connectivity index is 1.26. The predicted octanol–water partition coefficient (Wildman–Crippen LogP) is 1.59. The first-order valence-electron chi connectivity index (χ1n) is 11.9. The predicted molar refractivity (Wildman–Crippen MR) is 119 cm³/mol. The Morgan fingerprint density at radius 3 is 2.38 bits per heavy atom. The van der Waals surface area contributed by atoms with Crippen molar-refractivity contribution in [2.75, 3.05) is 26.3 Å². The monoisotopic (exact) mass is 460 g/mol. The number of primary amides is 1. The highest BCUT2D eigenvalue weighted by atomic mass is 32.1. The summed E-state index contributed by atoms with van der Waals surface area (Å²) < 4.78 is 5.37. The Bertz CT molecular complexity index is 853. The van der Waals surface area contributed by atoms with E-state index in [0.29, 0.717) is 55.5 Å². The van der Waals surface area contributed by atoms with Crippen LogP contribution in [0.4, 0.5) is 0 Å². The van der Waals surface area contributed by atoms with E-state index in [9.17, 15) is 14.4 Å². The second kappa shape index (κ2) is 9.09. The number of rotatable bonds is 7. The first kappa shape index (κ1) is 21.8. The molecule has 8 nitrogen and oxygen atoms in total. The van der Waals surface area contributed by atoms with Crippen LogP contribution in [0.15, 0.2) is 5.38 Å². The molecule has 32 heavy (non-hydrogen) atoms. The minimum Gasteiger partial charge on any atom is -0.378 e. The molecule has 4 bridgehead atoms. The number of thiazole rings is 1. The minimum absolute atomic E-state index is 0.0410. The fourth-order valence-corrected chi connectivity index (χ4v) is 7.57. The van der Waals surface area contributed by atoms with Crippen LogP contribution in [0.5, 0.6) is 0 Å². The maximum absolute atomic E-state index is 13.3. The van der Waals surface area contributed by atoms with E-state index in [1.54, 1.807) is 10.3 Å². The molecular formula is C23H32N4O4S. The largest absolute Gasteiger partial charge is 0.378 e. The van der Waals surface area contributed by atoms with Crippen molar-refractivity contribution in [3.63, 3.8) is 0 Å². The van der Waals surface area contributed by atoms with Crippen molar-refractivity contribution in [1.29, 1.82) is 0 Å². The molecule has 0 radical (unpaired) electrons. The molecule has 5 aliphatic rings. The van der Waals surface area contributed by atoms with Gasteiger partial charge in [-0.3, -0.25) is 14.4 Å². The molecular weight excluding hydrogens is 428 g/mol. The van der Waals surface area contributed by atoms with E-state index in [1.165, 1.54) is 43.4 Å². The number of amides is 3. The molecule has 0 unspecified atom stereocenters. The van der Waals surface area contributed by atoms with Crippen LogP contribution in [-0.2, 0) is 20.7 Å². The normalized spacial score (nSPS) is 32.0. The van der Waals surface area contributed by atoms with Gasteiger partial charge in [0.15, 0.2) is 0 Å². The molecule has 1 aromatic rings. The molecule has 4 aliphatic carbocycles. The molecule has 1 aliphatic heterocycles. The lowest BCUT2D eigenvalue weighted by atomic mass is 9.51. The summed E-state index contributed by atoms with van der Waals surface area (Å²) in [4.78, 5) is 43.8. The van der Waals surface area contributed by atoms with Gasteiger partial charge in [0, 0.05) is 31.3 Å². The van der Waals surface area contributed by atoms with Crippen molar-refractivity contribution in [1.82, 2.24) is 15.2 Å². The van der Waals surface area contributed by atoms with Gasteiger partial charge in [-0.25, -0.2) is 4.98 Å². The van der Waals surface area contributed by atoms with E-state index in [1.807, 2.05) is 0 Å². The van der Waals surface area contributed by atoms with E-state index < -0.39 is 11.9 Å². The third kappa shape index (κ3) is 4.55. The zero-order valence-electron chi connectivity index (χ0n) is 18.3. The molecule has 1 aromatic heterocycles. The topological polar surface area (TPSA) is 115 Å². The molecule has 0 aromatic carbocycles. The van der Waals surface area contributed by atoms with Crippen LogP contribution in [-0.4, -0.2) is 60.0 Å². The van der Waals surface area contributed by atoms with Crippen LogP contribution >= 0.6 is 11.3 Å². The van der Waals surface area contributed by atoms with Gasteiger partial charge >= 0.3 is 0 Å². The highest BCUT2D eigenvalue weighted by Crippen LogP contribution is 2.57. The van der Waals surface area contributed by atoms with E-state index >= 15 is 0 Å². The van der Waals surface area contributed by atoms with E-state index in [0.717, 1.165) is 11.8 Å². The van der Waals surface area contributed by atoms with E-state index in [2.05, 4.69) is 10.3 Å². The summed E-state index contributed by atoms with van der Waals surface area (Å²) in [5, 5.41) is 5.27. The Hall–Kier alpha value is -2.00. The van der Waals surface area contributed by atoms with Crippen LogP contribution in [0.25, 0.3) is 0 Å². The molecule has 174 valence electrons. The molecule has 9 heteroatoms. The summed E-state index contributed by atoms with van der Waals surface area (Å²) >= 11 is 1.29. The first-order valence-corrected chi connectivity index (χ1v) is 12.7. The number of morpholine rings is 1. The third-order valence-corrected chi connectivity index (χ3v) is 8.85. The van der Waals surface area contributed by atoms with Crippen LogP contribution in [0.2, 0.25) is 0 Å². The Kier molecular flexibility index (Phi) is 6.20. The number of aromatic nitrogens is 1. The van der Waals surface area contributed by atoms with E-state index in [4.69, 9.17) is 10.5 Å². The molecule has 4 saturated carbocycles. The molecule has 0 spiro atoms. The summed E-state index contributed by atoms with van der Waals surface area (Å²) in [6.07, 6.45) is 7.26. The smallest absolute Gasteiger partial charge is 0.268 e. The molecule has 1 saturated heterocycles. The third-order valence-electron chi connectivity index (χ3n) is 7.98. The summed E-state index contributed by atoms with van der Waals surface area (Å²) in [6, 6.07) is -0.690. The van der Waals surface area contributed by atoms with Crippen molar-refractivity contribution in [3.05, 3.63) is 16.1 Å². The molecule has 5 fully saturated rings. The van der Waals surface area contributed by atoms with Gasteiger partial charge in [0.1, 0.15) is 11.7 Å². The zero-order valence-corrected chi connectivity index (χ0v) is 19.1. The Morgan fingerprint density at radius 1 is 1.12 bits per heavy atom. The van der Waals surface area contributed by atoms with Crippen LogP contribution < -0.4 is 11.1 Å². The zero-order chi connectivity index (χ0) is 22.2. The van der Waals surface area contributed by atoms with Crippen LogP contribution in [0, 0.1) is 29.6 Å². The maximum Gasteiger partial charge on any atom is 0.268 e. The van der Waals surface area contributed by atoms with Gasteiger partial charge < -0.3 is 20.7 Å². The van der Waals surface area contributed by atoms with Gasteiger partial charge in [0.25, 0.3) is 5.91 Å². The number of nitrogens with one attached hydrogen (secondary N) is 1. The lowest BCUT2D eigenvalue weighted by Crippen LogP contribution is -2.53. The first-order chi connectivity index (χ1) is 15.5. The summed E-state index contributed by atoms with van der Waals surface area (Å²) in [5.74, 6) is 2.79. The fourth-order valence-electron chi connectivity index (χ4n) is 6.74. The minimum atomic E-state index is -0.690. The molecule has 3 amide bonds. The SMILES string of the molecule is NC(=O)c1csc(C[C@H](NC(=O)CC2C3CC4CC(C3)CC2C4)C(=O)N2CCOCC2)n1. The number of hydrogen-bond acceptors (Lipinski definition) is 6.